The number of hydrogen-bond donors (Lipinski definition) is 2. The topological polar surface area (TPSA) is 100 Å². The largest absolute Gasteiger partial charge is 1.00 e. The van der Waals surface area contributed by atoms with Gasteiger partial charge in [0.1, 0.15) is 23.3 Å². The van der Waals surface area contributed by atoms with Crippen molar-refractivity contribution in [2.75, 3.05) is 7.11 Å². The number of aromatic nitrogens is 6. The van der Waals surface area contributed by atoms with E-state index in [0.29, 0.717) is 5.75 Å². The molecule has 4 aromatic rings. The van der Waals surface area contributed by atoms with Crippen LogP contribution in [0.15, 0.2) is 35.9 Å². The summed E-state index contributed by atoms with van der Waals surface area (Å²) in [6, 6.07) is 6.12. The number of rotatable bonds is 6. The number of H-pyrrole nitrogens is 2. The number of fused-ring (bicyclic) bond motifs is 2. The van der Waals surface area contributed by atoms with Gasteiger partial charge in [-0.3, -0.25) is 9.89 Å². The molecule has 1 aromatic carbocycles. The van der Waals surface area contributed by atoms with Gasteiger partial charge in [0.15, 0.2) is 16.5 Å². The lowest BCUT2D eigenvalue weighted by atomic mass is 9.80. The third-order valence-electron chi connectivity index (χ3n) is 6.73. The highest BCUT2D eigenvalue weighted by Gasteiger charge is 2.50. The zero-order valence-electron chi connectivity index (χ0n) is 20.4. The Morgan fingerprint density at radius 1 is 1.14 bits per heavy atom. The third kappa shape index (κ3) is 4.11. The van der Waals surface area contributed by atoms with Crippen LogP contribution in [0.25, 0.3) is 17.0 Å². The van der Waals surface area contributed by atoms with Crippen molar-refractivity contribution in [3.8, 4) is 11.7 Å². The minimum atomic E-state index is -0.532. The molecule has 0 saturated heterocycles. The van der Waals surface area contributed by atoms with Gasteiger partial charge in [-0.25, -0.2) is 14.5 Å². The average Bonchev–Trinajstić information content (AvgIpc) is 3.50. The number of methoxy groups -OCH3 is 1. The molecule has 184 valence electrons. The van der Waals surface area contributed by atoms with Gasteiger partial charge in [0, 0.05) is 22.5 Å². The molecular weight excluding hydrogens is 504 g/mol. The van der Waals surface area contributed by atoms with Crippen molar-refractivity contribution in [2.24, 2.45) is 0 Å². The van der Waals surface area contributed by atoms with E-state index >= 15 is 0 Å². The molecule has 35 heavy (non-hydrogen) atoms. The molecule has 11 heteroatoms. The van der Waals surface area contributed by atoms with Crippen LogP contribution in [0.3, 0.4) is 0 Å². The summed E-state index contributed by atoms with van der Waals surface area (Å²) in [7, 11) is 4.88. The van der Waals surface area contributed by atoms with Crippen LogP contribution >= 0.6 is 21.6 Å². The first-order valence-corrected chi connectivity index (χ1v) is 13.3. The fraction of sp³-hybridized carbons (Fsp3) is 0.375. The lowest BCUT2D eigenvalue weighted by Crippen LogP contribution is -3.00. The zero-order chi connectivity index (χ0) is 24.3. The van der Waals surface area contributed by atoms with Gasteiger partial charge in [-0.05, 0) is 68.7 Å². The number of ketones is 1. The van der Waals surface area contributed by atoms with Crippen molar-refractivity contribution < 1.29 is 26.5 Å². The molecule has 2 N–H and O–H groups in total. The number of carbonyl (C=O) groups is 1. The molecule has 3 aromatic heterocycles. The molecule has 0 unspecified atom stereocenters. The highest BCUT2D eigenvalue weighted by atomic mass is 35.5. The number of benzene rings is 1. The molecule has 0 bridgehead atoms. The SMILES string of the molecule is COc1cc[n+](-c2nc3cc4c(cc3[nH]2)C(C)(C)C(=O)C4(C)C)c(CSSc2ncn[nH]2)c1C.[Cl-]. The van der Waals surface area contributed by atoms with Crippen molar-refractivity contribution in [1.82, 2.24) is 25.1 Å². The summed E-state index contributed by atoms with van der Waals surface area (Å²) in [5, 5.41) is 7.53. The number of Topliss-reactive ketones (excluding diaryl/α,β-unsaturated/α-hetero) is 1. The van der Waals surface area contributed by atoms with Crippen LogP contribution < -0.4 is 21.7 Å². The van der Waals surface area contributed by atoms with Crippen LogP contribution in [-0.2, 0) is 21.4 Å². The number of imidazole rings is 1. The van der Waals surface area contributed by atoms with Gasteiger partial charge in [0.2, 0.25) is 0 Å². The van der Waals surface area contributed by atoms with Crippen LogP contribution in [-0.4, -0.2) is 38.0 Å². The van der Waals surface area contributed by atoms with Crippen LogP contribution in [0, 0.1) is 6.92 Å². The molecule has 0 radical (unpaired) electrons. The van der Waals surface area contributed by atoms with Crippen molar-refractivity contribution in [3.05, 3.63) is 53.1 Å². The number of nitrogens with zero attached hydrogens (tertiary/aromatic N) is 4. The predicted molar refractivity (Wildman–Crippen MR) is 134 cm³/mol. The summed E-state index contributed by atoms with van der Waals surface area (Å²) in [4.78, 5) is 25.6. The van der Waals surface area contributed by atoms with Crippen LogP contribution in [0.4, 0.5) is 0 Å². The average molecular weight is 531 g/mol. The summed E-state index contributed by atoms with van der Waals surface area (Å²) in [6.45, 7) is 10.1. The monoisotopic (exact) mass is 530 g/mol. The van der Waals surface area contributed by atoms with Gasteiger partial charge in [-0.15, -0.1) is 0 Å². The Morgan fingerprint density at radius 2 is 1.86 bits per heavy atom. The molecule has 8 nitrogen and oxygen atoms in total. The quantitative estimate of drug-likeness (QED) is 0.287. The van der Waals surface area contributed by atoms with Crippen molar-refractivity contribution in [2.45, 2.75) is 56.4 Å². The second-order valence-corrected chi connectivity index (χ2v) is 11.8. The first-order valence-electron chi connectivity index (χ1n) is 11.0. The Bertz CT molecular complexity index is 1360. The molecule has 5 rings (SSSR count). The lowest BCUT2D eigenvalue weighted by molar-refractivity contribution is -0.610. The molecule has 0 saturated carbocycles. The Morgan fingerprint density at radius 3 is 2.51 bits per heavy atom. The molecule has 1 aliphatic rings. The predicted octanol–water partition coefficient (Wildman–Crippen LogP) is 1.36. The highest BCUT2D eigenvalue weighted by Crippen LogP contribution is 2.47. The number of ether oxygens (including phenoxy) is 1. The van der Waals surface area contributed by atoms with E-state index in [1.54, 1.807) is 17.9 Å². The maximum atomic E-state index is 13.1. The van der Waals surface area contributed by atoms with E-state index < -0.39 is 10.8 Å². The minimum Gasteiger partial charge on any atom is -1.00 e. The fourth-order valence-corrected chi connectivity index (χ4v) is 6.78. The van der Waals surface area contributed by atoms with Crippen molar-refractivity contribution in [3.63, 3.8) is 0 Å². The maximum absolute atomic E-state index is 13.1. The van der Waals surface area contributed by atoms with E-state index in [1.165, 1.54) is 17.1 Å². The minimum absolute atomic E-state index is 0. The van der Waals surface area contributed by atoms with E-state index in [2.05, 4.69) is 43.8 Å². The molecular formula is C24H27ClN6O2S2. The second kappa shape index (κ2) is 9.15. The summed E-state index contributed by atoms with van der Waals surface area (Å²) in [6.07, 6.45) is 3.48. The van der Waals surface area contributed by atoms with Crippen molar-refractivity contribution in [1.29, 1.82) is 0 Å². The fourth-order valence-electron chi connectivity index (χ4n) is 4.87. The normalized spacial score (nSPS) is 15.8. The van der Waals surface area contributed by atoms with Crippen LogP contribution in [0.5, 0.6) is 5.75 Å². The number of carbonyl (C=O) groups excluding carboxylic acids is 1. The first kappa shape index (κ1) is 25.5. The summed E-state index contributed by atoms with van der Waals surface area (Å²) < 4.78 is 7.64. The smallest absolute Gasteiger partial charge is 0.402 e. The van der Waals surface area contributed by atoms with Gasteiger partial charge in [-0.2, -0.15) is 5.10 Å². The molecule has 0 amide bonds. The van der Waals surface area contributed by atoms with Crippen molar-refractivity contribution >= 4 is 38.4 Å². The Hall–Kier alpha value is -2.56. The summed E-state index contributed by atoms with van der Waals surface area (Å²) in [5.74, 6) is 2.50. The van der Waals surface area contributed by atoms with Gasteiger partial charge >= 0.3 is 5.95 Å². The Kier molecular flexibility index (Phi) is 6.67. The third-order valence-corrected chi connectivity index (χ3v) is 8.78. The number of pyridine rings is 1. The van der Waals surface area contributed by atoms with E-state index in [4.69, 9.17) is 9.72 Å². The number of halogens is 1. The molecule has 1 aliphatic carbocycles. The van der Waals surface area contributed by atoms with Crippen LogP contribution in [0.1, 0.15) is 50.1 Å². The molecule has 0 atom stereocenters. The molecule has 0 aliphatic heterocycles. The van der Waals surface area contributed by atoms with Crippen LogP contribution in [0.2, 0.25) is 0 Å². The zero-order valence-corrected chi connectivity index (χ0v) is 22.8. The molecule has 0 fully saturated rings. The Balaban J connectivity index is 0.00000289. The van der Waals surface area contributed by atoms with E-state index in [9.17, 15) is 4.79 Å². The standard InChI is InChI=1S/C24H27N6O2S2.ClH/c1-13-18(11-33-34-22-25-12-26-29-22)30(8-7-19(13)32-6)21-27-16-9-14-15(10-17(16)28-21)24(4,5)20(31)23(14,2)3;/h7-10,12H,11H2,1-6H3,(H,27,28)(H,25,26,29);1H/q+1;/p-1. The molecule has 0 spiro atoms. The molecule has 3 heterocycles. The van der Waals surface area contributed by atoms with E-state index in [0.717, 1.165) is 50.3 Å². The highest BCUT2D eigenvalue weighted by molar-refractivity contribution is 8.76. The van der Waals surface area contributed by atoms with E-state index in [-0.39, 0.29) is 18.2 Å². The number of aromatic amines is 2. The first-order chi connectivity index (χ1) is 16.1. The van der Waals surface area contributed by atoms with Gasteiger partial charge in [0.05, 0.1) is 19.1 Å². The number of hydrogen-bond acceptors (Lipinski definition) is 7. The van der Waals surface area contributed by atoms with Gasteiger partial charge < -0.3 is 17.1 Å². The second-order valence-electron chi connectivity index (χ2n) is 9.52. The van der Waals surface area contributed by atoms with Gasteiger partial charge in [-0.1, -0.05) is 15.8 Å². The van der Waals surface area contributed by atoms with Gasteiger partial charge in [0.25, 0.3) is 0 Å². The van der Waals surface area contributed by atoms with E-state index in [1.807, 2.05) is 40.0 Å². The summed E-state index contributed by atoms with van der Waals surface area (Å²) in [5.41, 5.74) is 4.96. The number of nitrogens with one attached hydrogen (secondary N) is 2. The maximum Gasteiger partial charge on any atom is 0.402 e. The lowest BCUT2D eigenvalue weighted by Gasteiger charge is -2.21. The Labute approximate surface area is 217 Å². The summed E-state index contributed by atoms with van der Waals surface area (Å²) >= 11 is 0.